The average Bonchev–Trinajstić information content (AvgIpc) is 3.33. The Morgan fingerprint density at radius 2 is 2.00 bits per heavy atom. The first-order chi connectivity index (χ1) is 13.2. The quantitative estimate of drug-likeness (QED) is 0.741. The molecule has 2 N–H and O–H groups in total. The maximum absolute atomic E-state index is 13.2. The van der Waals surface area contributed by atoms with Gasteiger partial charge >= 0.3 is 0 Å². The van der Waals surface area contributed by atoms with Gasteiger partial charge in [0.2, 0.25) is 0 Å². The molecular formula is C20H27ClN4OS. The van der Waals surface area contributed by atoms with Crippen molar-refractivity contribution in [1.82, 2.24) is 15.1 Å². The normalized spacial score (nSPS) is 19.3. The minimum atomic E-state index is 0.108. The van der Waals surface area contributed by atoms with Crippen LogP contribution in [-0.2, 0) is 6.54 Å². The number of anilines is 1. The second-order valence-corrected chi connectivity index (χ2v) is 9.42. The van der Waals surface area contributed by atoms with Gasteiger partial charge in [0.25, 0.3) is 5.91 Å². The second kappa shape index (κ2) is 8.76. The van der Waals surface area contributed by atoms with E-state index in [1.165, 1.54) is 6.42 Å². The summed E-state index contributed by atoms with van der Waals surface area (Å²) in [6.45, 7) is 2.70. The number of aromatic nitrogens is 2. The summed E-state index contributed by atoms with van der Waals surface area (Å²) in [6, 6.07) is 6.03. The van der Waals surface area contributed by atoms with E-state index >= 15 is 0 Å². The predicted molar refractivity (Wildman–Crippen MR) is 111 cm³/mol. The molecule has 2 aromatic heterocycles. The molecule has 3 heterocycles. The van der Waals surface area contributed by atoms with Gasteiger partial charge in [-0.15, -0.1) is 11.3 Å². The topological polar surface area (TPSA) is 59.0 Å². The van der Waals surface area contributed by atoms with Crippen molar-refractivity contribution in [1.29, 1.82) is 0 Å². The highest BCUT2D eigenvalue weighted by Crippen LogP contribution is 2.30. The van der Waals surface area contributed by atoms with E-state index in [0.717, 1.165) is 72.3 Å². The van der Waals surface area contributed by atoms with E-state index in [9.17, 15) is 4.79 Å². The average molecular weight is 407 g/mol. The minimum Gasteiger partial charge on any atom is -0.365 e. The highest BCUT2D eigenvalue weighted by Gasteiger charge is 2.27. The summed E-state index contributed by atoms with van der Waals surface area (Å²) < 4.78 is 2.44. The van der Waals surface area contributed by atoms with Crippen molar-refractivity contribution in [2.75, 3.05) is 18.4 Å². The molecule has 1 aliphatic carbocycles. The molecule has 0 aromatic carbocycles. The first-order valence-electron chi connectivity index (χ1n) is 10.0. The number of rotatable bonds is 5. The molecule has 2 aliphatic rings. The number of hydrogen-bond donors (Lipinski definition) is 2. The Labute approximate surface area is 169 Å². The molecule has 1 saturated carbocycles. The highest BCUT2D eigenvalue weighted by molar-refractivity contribution is 7.16. The fraction of sp³-hybridized carbons (Fsp3) is 0.600. The minimum absolute atomic E-state index is 0.108. The molecule has 27 heavy (non-hydrogen) atoms. The number of nitrogens with zero attached hydrogens (tertiary/aromatic N) is 2. The maximum atomic E-state index is 13.2. The Balaban J connectivity index is 1.55. The lowest BCUT2D eigenvalue weighted by Crippen LogP contribution is -2.28. The van der Waals surface area contributed by atoms with Gasteiger partial charge in [0, 0.05) is 22.8 Å². The van der Waals surface area contributed by atoms with Crippen LogP contribution in [-0.4, -0.2) is 28.8 Å². The number of thiophene rings is 1. The maximum Gasteiger partial charge on any atom is 0.251 e. The zero-order valence-corrected chi connectivity index (χ0v) is 17.1. The summed E-state index contributed by atoms with van der Waals surface area (Å²) in [4.78, 5) is 14.3. The van der Waals surface area contributed by atoms with Crippen LogP contribution >= 0.6 is 22.9 Å². The van der Waals surface area contributed by atoms with Crippen LogP contribution in [0.3, 0.4) is 0 Å². The molecular weight excluding hydrogens is 380 g/mol. The highest BCUT2D eigenvalue weighted by atomic mass is 35.5. The van der Waals surface area contributed by atoms with Crippen molar-refractivity contribution < 1.29 is 4.79 Å². The van der Waals surface area contributed by atoms with Gasteiger partial charge < -0.3 is 10.6 Å². The van der Waals surface area contributed by atoms with E-state index in [4.69, 9.17) is 16.7 Å². The van der Waals surface area contributed by atoms with Crippen LogP contribution < -0.4 is 10.6 Å². The lowest BCUT2D eigenvalue weighted by atomic mass is 9.89. The van der Waals surface area contributed by atoms with Crippen molar-refractivity contribution in [3.63, 3.8) is 0 Å². The van der Waals surface area contributed by atoms with E-state index < -0.39 is 0 Å². The Morgan fingerprint density at radius 1 is 1.22 bits per heavy atom. The number of halogens is 1. The third-order valence-corrected chi connectivity index (χ3v) is 6.95. The largest absolute Gasteiger partial charge is 0.365 e. The lowest BCUT2D eigenvalue weighted by molar-refractivity contribution is 0.0786. The Bertz CT molecular complexity index is 775. The third-order valence-electron chi connectivity index (χ3n) is 5.72. The molecule has 1 aliphatic heterocycles. The van der Waals surface area contributed by atoms with Gasteiger partial charge in [-0.05, 0) is 50.9 Å². The molecule has 5 nitrogen and oxygen atoms in total. The molecule has 2 aromatic rings. The fourth-order valence-corrected chi connectivity index (χ4v) is 5.18. The van der Waals surface area contributed by atoms with Gasteiger partial charge in [-0.3, -0.25) is 4.79 Å². The van der Waals surface area contributed by atoms with E-state index in [0.29, 0.717) is 12.5 Å². The van der Waals surface area contributed by atoms with Gasteiger partial charge in [-0.1, -0.05) is 30.9 Å². The SMILES string of the molecule is O=C(C1CCCCC1)n1nc(C2CCNCC2)cc1NCc1ccc(Cl)s1. The third kappa shape index (κ3) is 4.55. The van der Waals surface area contributed by atoms with Crippen LogP contribution in [0.1, 0.15) is 66.2 Å². The molecule has 2 fully saturated rings. The van der Waals surface area contributed by atoms with Crippen molar-refractivity contribution in [3.05, 3.63) is 33.1 Å². The summed E-state index contributed by atoms with van der Waals surface area (Å²) in [5.41, 5.74) is 1.05. The Hall–Kier alpha value is -1.37. The standard InChI is InChI=1S/C20H27ClN4OS/c21-18-7-6-16(27-18)13-23-19-12-17(14-8-10-22-11-9-14)24-25(19)20(26)15-4-2-1-3-5-15/h6-7,12,14-15,22-23H,1-5,8-11,13H2. The molecule has 0 unspecified atom stereocenters. The molecule has 146 valence electrons. The van der Waals surface area contributed by atoms with Crippen LogP contribution in [0, 0.1) is 5.92 Å². The fourth-order valence-electron chi connectivity index (χ4n) is 4.16. The van der Waals surface area contributed by atoms with Crippen molar-refractivity contribution >= 4 is 34.7 Å². The first kappa shape index (κ1) is 19.0. The smallest absolute Gasteiger partial charge is 0.251 e. The summed E-state index contributed by atoms with van der Waals surface area (Å²) >= 11 is 7.61. The number of carbonyl (C=O) groups excluding carboxylic acids is 1. The number of nitrogens with one attached hydrogen (secondary N) is 2. The van der Waals surface area contributed by atoms with Gasteiger partial charge in [0.1, 0.15) is 5.82 Å². The summed E-state index contributed by atoms with van der Waals surface area (Å²) in [5.74, 6) is 1.52. The van der Waals surface area contributed by atoms with Gasteiger partial charge in [-0.25, -0.2) is 0 Å². The number of carbonyl (C=O) groups is 1. The van der Waals surface area contributed by atoms with E-state index in [1.807, 2.05) is 12.1 Å². The van der Waals surface area contributed by atoms with Gasteiger partial charge in [0.05, 0.1) is 16.6 Å². The molecule has 7 heteroatoms. The molecule has 1 saturated heterocycles. The molecule has 0 spiro atoms. The van der Waals surface area contributed by atoms with Crippen molar-refractivity contribution in [2.24, 2.45) is 5.92 Å². The second-order valence-electron chi connectivity index (χ2n) is 7.62. The van der Waals surface area contributed by atoms with Crippen LogP contribution in [0.25, 0.3) is 0 Å². The predicted octanol–water partition coefficient (Wildman–Crippen LogP) is 4.90. The monoisotopic (exact) mass is 406 g/mol. The molecule has 0 amide bonds. The Kier molecular flexibility index (Phi) is 6.15. The zero-order chi connectivity index (χ0) is 18.6. The summed E-state index contributed by atoms with van der Waals surface area (Å²) in [5, 5.41) is 11.6. The van der Waals surface area contributed by atoms with E-state index in [-0.39, 0.29) is 11.8 Å². The molecule has 0 atom stereocenters. The first-order valence-corrected chi connectivity index (χ1v) is 11.2. The van der Waals surface area contributed by atoms with Crippen molar-refractivity contribution in [2.45, 2.75) is 57.4 Å². The van der Waals surface area contributed by atoms with Crippen LogP contribution in [0.4, 0.5) is 5.82 Å². The van der Waals surface area contributed by atoms with Gasteiger partial charge in [-0.2, -0.15) is 9.78 Å². The number of hydrogen-bond acceptors (Lipinski definition) is 5. The van der Waals surface area contributed by atoms with Crippen LogP contribution in [0.2, 0.25) is 4.34 Å². The van der Waals surface area contributed by atoms with E-state index in [2.05, 4.69) is 16.7 Å². The summed E-state index contributed by atoms with van der Waals surface area (Å²) in [6.07, 6.45) is 7.67. The van der Waals surface area contributed by atoms with Gasteiger partial charge in [0.15, 0.2) is 0 Å². The van der Waals surface area contributed by atoms with E-state index in [1.54, 1.807) is 16.0 Å². The molecule has 4 rings (SSSR count). The Morgan fingerprint density at radius 3 is 2.70 bits per heavy atom. The summed E-state index contributed by atoms with van der Waals surface area (Å²) in [7, 11) is 0. The zero-order valence-electron chi connectivity index (χ0n) is 15.5. The lowest BCUT2D eigenvalue weighted by Gasteiger charge is -2.21. The van der Waals surface area contributed by atoms with Crippen LogP contribution in [0.5, 0.6) is 0 Å². The molecule has 0 radical (unpaired) electrons. The van der Waals surface area contributed by atoms with Crippen molar-refractivity contribution in [3.8, 4) is 0 Å². The van der Waals surface area contributed by atoms with Crippen LogP contribution in [0.15, 0.2) is 18.2 Å². The number of piperidine rings is 1. The molecule has 0 bridgehead atoms.